The van der Waals surface area contributed by atoms with Gasteiger partial charge in [-0.3, -0.25) is 9.79 Å². The fourth-order valence-electron chi connectivity index (χ4n) is 4.48. The molecule has 0 bridgehead atoms. The molecule has 3 N–H and O–H groups in total. The van der Waals surface area contributed by atoms with Crippen LogP contribution in [0.1, 0.15) is 41.3 Å². The van der Waals surface area contributed by atoms with Crippen LogP contribution in [0.5, 0.6) is 0 Å². The summed E-state index contributed by atoms with van der Waals surface area (Å²) >= 11 is 0. The summed E-state index contributed by atoms with van der Waals surface area (Å²) in [4.78, 5) is 21.6. The Morgan fingerprint density at radius 3 is 2.61 bits per heavy atom. The van der Waals surface area contributed by atoms with Gasteiger partial charge in [0, 0.05) is 17.0 Å². The van der Waals surface area contributed by atoms with Gasteiger partial charge in [-0.2, -0.15) is 10.8 Å². The van der Waals surface area contributed by atoms with Crippen LogP contribution < -0.4 is 5.84 Å². The van der Waals surface area contributed by atoms with E-state index in [1.54, 1.807) is 61.9 Å². The van der Waals surface area contributed by atoms with Crippen molar-refractivity contribution in [2.45, 2.75) is 25.4 Å². The highest BCUT2D eigenvalue weighted by Gasteiger charge is 2.51. The monoisotopic (exact) mass is 417 g/mol. The first-order chi connectivity index (χ1) is 14.8. The summed E-state index contributed by atoms with van der Waals surface area (Å²) in [7, 11) is 0. The van der Waals surface area contributed by atoms with E-state index in [0.29, 0.717) is 29.9 Å². The van der Waals surface area contributed by atoms with Crippen LogP contribution in [0.25, 0.3) is 0 Å². The van der Waals surface area contributed by atoms with Crippen LogP contribution in [0.3, 0.4) is 0 Å². The molecule has 1 aliphatic carbocycles. The van der Waals surface area contributed by atoms with Gasteiger partial charge in [0.2, 0.25) is 5.70 Å². The molecule has 7 heteroatoms. The standard InChI is InChI=1S/C24H22FN4O2/c1-24(31)12-17(13-24)21-20-14-27-9-10-29(20,26)23(28-21)18-8-7-16(11-19(18)25)22(30)15-5-3-2-4-6-15/h2-11,14,17,31H,12-13,26H2,1H3/q+1. The zero-order valence-electron chi connectivity index (χ0n) is 17.0. The van der Waals surface area contributed by atoms with E-state index < -0.39 is 11.4 Å². The van der Waals surface area contributed by atoms with Crippen LogP contribution in [0.2, 0.25) is 0 Å². The largest absolute Gasteiger partial charge is 0.390 e. The van der Waals surface area contributed by atoms with Gasteiger partial charge in [0.25, 0.3) is 5.84 Å². The summed E-state index contributed by atoms with van der Waals surface area (Å²) in [5, 5.41) is 10.2. The number of halogens is 1. The molecule has 3 aliphatic rings. The molecule has 1 atom stereocenters. The summed E-state index contributed by atoms with van der Waals surface area (Å²) < 4.78 is 14.9. The highest BCUT2D eigenvalue weighted by atomic mass is 19.1. The van der Waals surface area contributed by atoms with Gasteiger partial charge in [0.05, 0.1) is 23.6 Å². The zero-order valence-corrected chi connectivity index (χ0v) is 17.0. The predicted molar refractivity (Wildman–Crippen MR) is 115 cm³/mol. The van der Waals surface area contributed by atoms with Gasteiger partial charge in [0.15, 0.2) is 5.78 Å². The highest BCUT2D eigenvalue weighted by Crippen LogP contribution is 2.46. The van der Waals surface area contributed by atoms with Crippen molar-refractivity contribution in [3.63, 3.8) is 0 Å². The third-order valence-corrected chi connectivity index (χ3v) is 6.09. The number of amidine groups is 1. The molecule has 0 spiro atoms. The SMILES string of the molecule is CC1(O)CC(C2=C3C=NC=C[N+]3(N)C(c3ccc(C(=O)c4ccccc4)cc3F)=N2)C1. The number of nitrogens with two attached hydrogens (primary N) is 1. The molecule has 1 unspecified atom stereocenters. The maximum atomic E-state index is 15.2. The number of hydrogen-bond acceptors (Lipinski definition) is 5. The molecule has 2 aromatic rings. The Balaban J connectivity index is 1.52. The molecule has 31 heavy (non-hydrogen) atoms. The molecule has 0 amide bonds. The minimum atomic E-state index is -0.729. The van der Waals surface area contributed by atoms with Gasteiger partial charge in [0.1, 0.15) is 17.7 Å². The lowest BCUT2D eigenvalue weighted by Crippen LogP contribution is -2.53. The third-order valence-electron chi connectivity index (χ3n) is 6.09. The molecular formula is C24H22FN4O2+. The topological polar surface area (TPSA) is 88.0 Å². The van der Waals surface area contributed by atoms with Crippen molar-refractivity contribution in [2.75, 3.05) is 0 Å². The molecule has 156 valence electrons. The summed E-state index contributed by atoms with van der Waals surface area (Å²) in [5.74, 6) is 6.19. The van der Waals surface area contributed by atoms with E-state index in [-0.39, 0.29) is 27.4 Å². The second-order valence-electron chi connectivity index (χ2n) is 8.55. The van der Waals surface area contributed by atoms with Crippen molar-refractivity contribution in [2.24, 2.45) is 21.7 Å². The molecule has 6 nitrogen and oxygen atoms in total. The molecule has 1 saturated carbocycles. The molecule has 1 fully saturated rings. The predicted octanol–water partition coefficient (Wildman–Crippen LogP) is 3.44. The van der Waals surface area contributed by atoms with E-state index >= 15 is 4.39 Å². The second-order valence-corrected chi connectivity index (χ2v) is 8.55. The number of nitrogens with zero attached hydrogens (tertiary/aromatic N) is 3. The van der Waals surface area contributed by atoms with E-state index in [9.17, 15) is 9.90 Å². The molecule has 2 aromatic carbocycles. The Morgan fingerprint density at radius 1 is 1.19 bits per heavy atom. The maximum absolute atomic E-state index is 15.2. The Kier molecular flexibility index (Phi) is 4.37. The molecule has 0 radical (unpaired) electrons. The smallest absolute Gasteiger partial charge is 0.267 e. The van der Waals surface area contributed by atoms with Crippen LogP contribution in [0, 0.1) is 11.7 Å². The summed E-state index contributed by atoms with van der Waals surface area (Å²) in [6.45, 7) is 1.79. The van der Waals surface area contributed by atoms with Crippen LogP contribution in [0.15, 0.2) is 82.3 Å². The van der Waals surface area contributed by atoms with Crippen molar-refractivity contribution < 1.29 is 18.9 Å². The lowest BCUT2D eigenvalue weighted by atomic mass is 9.70. The molecular weight excluding hydrogens is 395 g/mol. The summed E-state index contributed by atoms with van der Waals surface area (Å²) in [6, 6.07) is 13.1. The number of rotatable bonds is 4. The van der Waals surface area contributed by atoms with Gasteiger partial charge in [-0.05, 0) is 38.0 Å². The van der Waals surface area contributed by atoms with Crippen LogP contribution >= 0.6 is 0 Å². The first kappa shape index (κ1) is 19.7. The minimum Gasteiger partial charge on any atom is -0.390 e. The number of carbonyl (C=O) groups excluding carboxylic acids is 1. The van der Waals surface area contributed by atoms with Gasteiger partial charge in [-0.25, -0.2) is 4.39 Å². The van der Waals surface area contributed by atoms with E-state index in [0.717, 1.165) is 5.70 Å². The Labute approximate surface area is 179 Å². The lowest BCUT2D eigenvalue weighted by molar-refractivity contribution is -0.750. The number of quaternary nitrogens is 1. The fourth-order valence-corrected chi connectivity index (χ4v) is 4.48. The van der Waals surface area contributed by atoms with Gasteiger partial charge < -0.3 is 5.11 Å². The first-order valence-electron chi connectivity index (χ1n) is 10.1. The van der Waals surface area contributed by atoms with Crippen molar-refractivity contribution >= 4 is 17.8 Å². The average Bonchev–Trinajstić information content (AvgIpc) is 3.04. The lowest BCUT2D eigenvalue weighted by Gasteiger charge is -2.40. The number of aliphatic hydroxyl groups is 1. The van der Waals surface area contributed by atoms with Crippen LogP contribution in [-0.2, 0) is 0 Å². The highest BCUT2D eigenvalue weighted by molar-refractivity contribution is 6.09. The zero-order chi connectivity index (χ0) is 21.8. The average molecular weight is 417 g/mol. The Bertz CT molecular complexity index is 1210. The molecule has 2 heterocycles. The van der Waals surface area contributed by atoms with E-state index in [1.807, 2.05) is 6.07 Å². The number of ketones is 1. The number of benzene rings is 2. The Hall–Kier alpha value is -3.26. The van der Waals surface area contributed by atoms with Gasteiger partial charge in [-0.1, -0.05) is 30.3 Å². The molecule has 0 aromatic heterocycles. The van der Waals surface area contributed by atoms with E-state index in [4.69, 9.17) is 10.8 Å². The molecule has 2 aliphatic heterocycles. The minimum absolute atomic E-state index is 0.0310. The van der Waals surface area contributed by atoms with Crippen molar-refractivity contribution in [3.8, 4) is 0 Å². The van der Waals surface area contributed by atoms with E-state index in [1.165, 1.54) is 6.07 Å². The number of aliphatic imine (C=N–C) groups is 2. The van der Waals surface area contributed by atoms with E-state index in [2.05, 4.69) is 4.99 Å². The summed E-state index contributed by atoms with van der Waals surface area (Å²) in [6.07, 6.45) is 5.98. The molecule has 5 rings (SSSR count). The molecule has 0 saturated heterocycles. The second kappa shape index (κ2) is 6.88. The first-order valence-corrected chi connectivity index (χ1v) is 10.1. The van der Waals surface area contributed by atoms with Crippen LogP contribution in [-0.4, -0.2) is 33.1 Å². The number of hydrogen-bond donors (Lipinski definition) is 2. The van der Waals surface area contributed by atoms with Crippen molar-refractivity contribution in [1.29, 1.82) is 0 Å². The Morgan fingerprint density at radius 2 is 1.94 bits per heavy atom. The van der Waals surface area contributed by atoms with Crippen LogP contribution in [0.4, 0.5) is 4.39 Å². The van der Waals surface area contributed by atoms with Gasteiger partial charge >= 0.3 is 0 Å². The fraction of sp³-hybridized carbons (Fsp3) is 0.208. The summed E-state index contributed by atoms with van der Waals surface area (Å²) in [5.41, 5.74) is 1.64. The van der Waals surface area contributed by atoms with Crippen molar-refractivity contribution in [1.82, 2.24) is 0 Å². The van der Waals surface area contributed by atoms with Gasteiger partial charge in [-0.15, -0.1) is 4.59 Å². The normalized spacial score (nSPS) is 28.9. The number of carbonyl (C=O) groups is 1. The number of allylic oxidation sites excluding steroid dienone is 2. The number of fused-ring (bicyclic) bond motifs is 1. The maximum Gasteiger partial charge on any atom is 0.267 e. The van der Waals surface area contributed by atoms with Crippen molar-refractivity contribution in [3.05, 3.63) is 94.8 Å². The quantitative estimate of drug-likeness (QED) is 0.454. The third kappa shape index (κ3) is 3.18.